The van der Waals surface area contributed by atoms with Gasteiger partial charge in [-0.3, -0.25) is 0 Å². The van der Waals surface area contributed by atoms with Crippen molar-refractivity contribution in [2.24, 2.45) is 0 Å². The summed E-state index contributed by atoms with van der Waals surface area (Å²) in [5.74, 6) is 1.96. The topological polar surface area (TPSA) is 112 Å². The van der Waals surface area contributed by atoms with E-state index < -0.39 is 5.97 Å². The Hall–Kier alpha value is -4.76. The minimum Gasteiger partial charge on any atom is -0.508 e. The molecule has 0 radical (unpaired) electrons. The minimum absolute atomic E-state index is 0.169. The lowest BCUT2D eigenvalue weighted by Gasteiger charge is -2.09. The van der Waals surface area contributed by atoms with Gasteiger partial charge in [0.1, 0.15) is 34.5 Å². The highest BCUT2D eigenvalue weighted by atomic mass is 79.9. The van der Waals surface area contributed by atoms with Crippen LogP contribution in [0.3, 0.4) is 0 Å². The van der Waals surface area contributed by atoms with E-state index in [0.717, 1.165) is 36.2 Å². The van der Waals surface area contributed by atoms with E-state index in [1.807, 2.05) is 24.3 Å². The highest BCUT2D eigenvalue weighted by Gasteiger charge is 2.09. The largest absolute Gasteiger partial charge is 0.508 e. The van der Waals surface area contributed by atoms with Gasteiger partial charge in [0, 0.05) is 10.5 Å². The molecule has 2 N–H and O–H groups in total. The SMILES string of the molecule is C=CC(=O)OCCCCCCOc1ccc(C(=O)Oc2ccc(Oc3cccc(Br)c3)cc2)cc1.Oc1ccc(O)cc1. The number of hydrogen-bond acceptors (Lipinski definition) is 8. The number of aromatic hydroxyl groups is 2. The Morgan fingerprint density at radius 2 is 1.28 bits per heavy atom. The molecule has 9 heteroatoms. The van der Waals surface area contributed by atoms with E-state index in [-0.39, 0.29) is 17.5 Å². The van der Waals surface area contributed by atoms with Crippen molar-refractivity contribution in [1.29, 1.82) is 0 Å². The molecule has 0 aromatic heterocycles. The van der Waals surface area contributed by atoms with E-state index in [2.05, 4.69) is 22.5 Å². The van der Waals surface area contributed by atoms with Crippen LogP contribution in [0.15, 0.2) is 114 Å². The Morgan fingerprint density at radius 3 is 1.88 bits per heavy atom. The number of benzene rings is 4. The van der Waals surface area contributed by atoms with Crippen molar-refractivity contribution in [2.45, 2.75) is 25.7 Å². The molecule has 43 heavy (non-hydrogen) atoms. The molecule has 0 aliphatic rings. The molecular weight excluding hydrogens is 616 g/mol. The quantitative estimate of drug-likeness (QED) is 0.0490. The zero-order valence-corrected chi connectivity index (χ0v) is 25.1. The third kappa shape index (κ3) is 12.7. The van der Waals surface area contributed by atoms with Crippen molar-refractivity contribution in [3.8, 4) is 34.5 Å². The standard InChI is InChI=1S/C28H27BrO6.C6H6O2/c1-2-27(30)33-19-6-4-3-5-18-32-23-12-10-21(11-13-23)28(31)35-25-16-14-24(15-17-25)34-26-9-7-8-22(29)20-26;7-5-1-2-6(8)4-3-5/h2,7-17,20H,1,3-6,18-19H2;1-4,7-8H. The van der Waals surface area contributed by atoms with Gasteiger partial charge in [0.15, 0.2) is 0 Å². The van der Waals surface area contributed by atoms with Crippen LogP contribution in [0.25, 0.3) is 0 Å². The molecule has 4 aromatic rings. The Morgan fingerprint density at radius 1 is 0.698 bits per heavy atom. The second kappa shape index (κ2) is 17.9. The smallest absolute Gasteiger partial charge is 0.343 e. The molecule has 0 atom stereocenters. The Bertz CT molecular complexity index is 1410. The number of esters is 2. The normalized spacial score (nSPS) is 10.1. The molecule has 8 nitrogen and oxygen atoms in total. The number of hydrogen-bond donors (Lipinski definition) is 2. The van der Waals surface area contributed by atoms with Gasteiger partial charge >= 0.3 is 11.9 Å². The van der Waals surface area contributed by atoms with E-state index in [0.29, 0.717) is 41.8 Å². The third-order valence-electron chi connectivity index (χ3n) is 5.72. The van der Waals surface area contributed by atoms with Crippen molar-refractivity contribution in [3.63, 3.8) is 0 Å². The lowest BCUT2D eigenvalue weighted by molar-refractivity contribution is -0.137. The maximum Gasteiger partial charge on any atom is 0.343 e. The van der Waals surface area contributed by atoms with Crippen LogP contribution in [-0.2, 0) is 9.53 Å². The van der Waals surface area contributed by atoms with Crippen LogP contribution in [0.2, 0.25) is 0 Å². The number of phenolic OH excluding ortho intramolecular Hbond substituents is 2. The van der Waals surface area contributed by atoms with E-state index in [9.17, 15) is 9.59 Å². The van der Waals surface area contributed by atoms with Crippen LogP contribution in [0.5, 0.6) is 34.5 Å². The van der Waals surface area contributed by atoms with Crippen molar-refractivity contribution in [2.75, 3.05) is 13.2 Å². The molecule has 0 unspecified atom stereocenters. The van der Waals surface area contributed by atoms with Crippen LogP contribution in [0.4, 0.5) is 0 Å². The fraction of sp³-hybridized carbons (Fsp3) is 0.176. The molecular formula is C34H33BrO8. The van der Waals surface area contributed by atoms with Gasteiger partial charge in [0.05, 0.1) is 18.8 Å². The molecule has 0 heterocycles. The van der Waals surface area contributed by atoms with E-state index in [1.54, 1.807) is 48.5 Å². The predicted molar refractivity (Wildman–Crippen MR) is 167 cm³/mol. The van der Waals surface area contributed by atoms with Gasteiger partial charge in [-0.25, -0.2) is 9.59 Å². The second-order valence-corrected chi connectivity index (χ2v) is 10.0. The monoisotopic (exact) mass is 648 g/mol. The molecule has 0 saturated carbocycles. The molecule has 0 aliphatic carbocycles. The fourth-order valence-electron chi connectivity index (χ4n) is 3.53. The number of unbranched alkanes of at least 4 members (excludes halogenated alkanes) is 3. The molecule has 4 aromatic carbocycles. The number of ether oxygens (including phenoxy) is 4. The van der Waals surface area contributed by atoms with Gasteiger partial charge in [-0.15, -0.1) is 0 Å². The number of halogens is 1. The van der Waals surface area contributed by atoms with E-state index in [1.165, 1.54) is 24.3 Å². The number of rotatable bonds is 13. The second-order valence-electron chi connectivity index (χ2n) is 9.10. The van der Waals surface area contributed by atoms with Gasteiger partial charge in [-0.2, -0.15) is 0 Å². The Balaban J connectivity index is 0.000000546. The van der Waals surface area contributed by atoms with Crippen molar-refractivity contribution in [1.82, 2.24) is 0 Å². The zero-order chi connectivity index (χ0) is 30.9. The third-order valence-corrected chi connectivity index (χ3v) is 6.22. The summed E-state index contributed by atoms with van der Waals surface area (Å²) in [6.45, 7) is 4.34. The van der Waals surface area contributed by atoms with Crippen LogP contribution >= 0.6 is 15.9 Å². The summed E-state index contributed by atoms with van der Waals surface area (Å²) in [6, 6.07) is 27.0. The first-order chi connectivity index (χ1) is 20.8. The van der Waals surface area contributed by atoms with Crippen LogP contribution in [-0.4, -0.2) is 35.4 Å². The van der Waals surface area contributed by atoms with Crippen molar-refractivity contribution in [3.05, 3.63) is 120 Å². The summed E-state index contributed by atoms with van der Waals surface area (Å²) < 4.78 is 22.8. The van der Waals surface area contributed by atoms with Crippen LogP contribution in [0.1, 0.15) is 36.0 Å². The van der Waals surface area contributed by atoms with Gasteiger partial charge in [-0.05, 0) is 117 Å². The molecule has 0 fully saturated rings. The highest BCUT2D eigenvalue weighted by Crippen LogP contribution is 2.26. The summed E-state index contributed by atoms with van der Waals surface area (Å²) in [4.78, 5) is 23.4. The summed E-state index contributed by atoms with van der Waals surface area (Å²) >= 11 is 3.41. The molecule has 0 aliphatic heterocycles. The van der Waals surface area contributed by atoms with Crippen molar-refractivity contribution < 1.29 is 38.7 Å². The molecule has 0 bridgehead atoms. The van der Waals surface area contributed by atoms with Crippen LogP contribution < -0.4 is 14.2 Å². The predicted octanol–water partition coefficient (Wildman–Crippen LogP) is 8.23. The molecule has 0 spiro atoms. The van der Waals surface area contributed by atoms with Gasteiger partial charge in [0.2, 0.25) is 0 Å². The van der Waals surface area contributed by atoms with Crippen molar-refractivity contribution >= 4 is 27.9 Å². The van der Waals surface area contributed by atoms with Gasteiger partial charge < -0.3 is 29.2 Å². The maximum absolute atomic E-state index is 12.4. The summed E-state index contributed by atoms with van der Waals surface area (Å²) in [5, 5.41) is 17.3. The maximum atomic E-state index is 12.4. The molecule has 4 rings (SSSR count). The van der Waals surface area contributed by atoms with E-state index in [4.69, 9.17) is 29.2 Å². The lowest BCUT2D eigenvalue weighted by atomic mass is 10.2. The lowest BCUT2D eigenvalue weighted by Crippen LogP contribution is -2.08. The number of phenols is 2. The average Bonchev–Trinajstić information content (AvgIpc) is 3.01. The number of carbonyl (C=O) groups excluding carboxylic acids is 2. The molecule has 224 valence electrons. The Kier molecular flexibility index (Phi) is 13.6. The van der Waals surface area contributed by atoms with Crippen LogP contribution in [0, 0.1) is 0 Å². The average molecular weight is 650 g/mol. The first-order valence-electron chi connectivity index (χ1n) is 13.6. The van der Waals surface area contributed by atoms with Gasteiger partial charge in [-0.1, -0.05) is 28.6 Å². The first-order valence-corrected chi connectivity index (χ1v) is 14.4. The summed E-state index contributed by atoms with van der Waals surface area (Å²) in [7, 11) is 0. The molecule has 0 saturated heterocycles. The summed E-state index contributed by atoms with van der Waals surface area (Å²) in [6.07, 6.45) is 4.80. The summed E-state index contributed by atoms with van der Waals surface area (Å²) in [5.41, 5.74) is 0.431. The molecule has 0 amide bonds. The first kappa shape index (κ1) is 32.8. The highest BCUT2D eigenvalue weighted by molar-refractivity contribution is 9.10. The number of carbonyl (C=O) groups is 2. The zero-order valence-electron chi connectivity index (χ0n) is 23.5. The Labute approximate surface area is 259 Å². The van der Waals surface area contributed by atoms with Gasteiger partial charge in [0.25, 0.3) is 0 Å². The fourth-order valence-corrected chi connectivity index (χ4v) is 3.91. The minimum atomic E-state index is -0.450. The van der Waals surface area contributed by atoms with E-state index >= 15 is 0 Å².